The van der Waals surface area contributed by atoms with Crippen LogP contribution in [0.3, 0.4) is 0 Å². The first-order chi connectivity index (χ1) is 12.3. The average Bonchev–Trinajstić information content (AvgIpc) is 3.10. The van der Waals surface area contributed by atoms with E-state index in [4.69, 9.17) is 15.2 Å². The molecule has 4 rings (SSSR count). The second kappa shape index (κ2) is 6.78. The van der Waals surface area contributed by atoms with Crippen molar-refractivity contribution < 1.29 is 9.47 Å². The van der Waals surface area contributed by atoms with Crippen LogP contribution < -0.4 is 15.2 Å². The first kappa shape index (κ1) is 15.4. The molecule has 2 heterocycles. The number of nitrogens with two attached hydrogens (primary N) is 1. The van der Waals surface area contributed by atoms with Crippen LogP contribution in [0, 0.1) is 0 Å². The third-order valence-electron chi connectivity index (χ3n) is 3.58. The normalized spacial score (nSPS) is 10.7. The van der Waals surface area contributed by atoms with Crippen LogP contribution in [-0.2, 0) is 6.61 Å². The minimum atomic E-state index is 0.198. The minimum absolute atomic E-state index is 0.198. The van der Waals surface area contributed by atoms with Gasteiger partial charge in [-0.15, -0.1) is 11.3 Å². The van der Waals surface area contributed by atoms with Gasteiger partial charge in [-0.3, -0.25) is 0 Å². The van der Waals surface area contributed by atoms with E-state index in [1.807, 2.05) is 66.0 Å². The van der Waals surface area contributed by atoms with Gasteiger partial charge in [0.25, 0.3) is 0 Å². The zero-order chi connectivity index (χ0) is 17.1. The van der Waals surface area contributed by atoms with Gasteiger partial charge in [-0.05, 0) is 41.3 Å². The van der Waals surface area contributed by atoms with E-state index >= 15 is 0 Å². The minimum Gasteiger partial charge on any atom is -0.489 e. The monoisotopic (exact) mass is 349 g/mol. The molecule has 0 saturated carbocycles. The summed E-state index contributed by atoms with van der Waals surface area (Å²) >= 11 is 1.52. The Morgan fingerprint density at radius 2 is 1.64 bits per heavy atom. The number of hydrogen-bond donors (Lipinski definition) is 1. The number of anilines is 1. The van der Waals surface area contributed by atoms with Gasteiger partial charge in [0.2, 0.25) is 11.8 Å². The van der Waals surface area contributed by atoms with Crippen molar-refractivity contribution in [3.8, 4) is 17.4 Å². The summed E-state index contributed by atoms with van der Waals surface area (Å²) in [6.45, 7) is 0.527. The lowest BCUT2D eigenvalue weighted by atomic mass is 10.2. The maximum atomic E-state index is 5.87. The molecule has 2 aromatic carbocycles. The number of ether oxygens (including phenoxy) is 2. The van der Waals surface area contributed by atoms with Gasteiger partial charge in [0.05, 0.1) is 5.52 Å². The standard InChI is InChI=1S/C19H15N3O2S/c20-19-21-16-10-11-25-17(16)18(22-19)24-15-8-6-14(7-9-15)23-12-13-4-2-1-3-5-13/h1-11H,12H2,(H2,20,21,22). The topological polar surface area (TPSA) is 70.3 Å². The van der Waals surface area contributed by atoms with Gasteiger partial charge in [-0.1, -0.05) is 30.3 Å². The van der Waals surface area contributed by atoms with Crippen LogP contribution in [0.25, 0.3) is 10.2 Å². The van der Waals surface area contributed by atoms with Gasteiger partial charge in [-0.2, -0.15) is 4.98 Å². The van der Waals surface area contributed by atoms with E-state index in [-0.39, 0.29) is 5.95 Å². The van der Waals surface area contributed by atoms with Crippen LogP contribution in [0.15, 0.2) is 66.0 Å². The SMILES string of the molecule is Nc1nc(Oc2ccc(OCc3ccccc3)cc2)c2sccc2n1. The van der Waals surface area contributed by atoms with Crippen LogP contribution in [0.2, 0.25) is 0 Å². The maximum Gasteiger partial charge on any atom is 0.242 e. The Hall–Kier alpha value is -3.12. The third-order valence-corrected chi connectivity index (χ3v) is 4.47. The van der Waals surface area contributed by atoms with Crippen LogP contribution in [-0.4, -0.2) is 9.97 Å². The smallest absolute Gasteiger partial charge is 0.242 e. The zero-order valence-electron chi connectivity index (χ0n) is 13.3. The summed E-state index contributed by atoms with van der Waals surface area (Å²) < 4.78 is 12.5. The van der Waals surface area contributed by atoms with Gasteiger partial charge in [0.15, 0.2) is 0 Å². The van der Waals surface area contributed by atoms with Gasteiger partial charge in [-0.25, -0.2) is 4.98 Å². The van der Waals surface area contributed by atoms with Crippen LogP contribution in [0.4, 0.5) is 5.95 Å². The van der Waals surface area contributed by atoms with Gasteiger partial charge < -0.3 is 15.2 Å². The predicted octanol–water partition coefficient (Wildman–Crippen LogP) is 4.64. The molecule has 0 radical (unpaired) electrons. The molecule has 0 aliphatic rings. The highest BCUT2D eigenvalue weighted by Gasteiger charge is 2.10. The van der Waals surface area contributed by atoms with Crippen LogP contribution in [0.5, 0.6) is 17.4 Å². The van der Waals surface area contributed by atoms with Crippen molar-refractivity contribution in [1.82, 2.24) is 9.97 Å². The summed E-state index contributed by atoms with van der Waals surface area (Å²) in [7, 11) is 0. The molecule has 6 heteroatoms. The summed E-state index contributed by atoms with van der Waals surface area (Å²) in [4.78, 5) is 8.37. The lowest BCUT2D eigenvalue weighted by Gasteiger charge is -2.09. The Labute approximate surface area is 148 Å². The van der Waals surface area contributed by atoms with Crippen molar-refractivity contribution in [2.45, 2.75) is 6.61 Å². The molecule has 0 spiro atoms. The molecule has 124 valence electrons. The molecule has 2 N–H and O–H groups in total. The number of rotatable bonds is 5. The number of nitrogen functional groups attached to an aromatic ring is 1. The molecule has 4 aromatic rings. The third kappa shape index (κ3) is 3.54. The molecule has 25 heavy (non-hydrogen) atoms. The fraction of sp³-hybridized carbons (Fsp3) is 0.0526. The van der Waals surface area contributed by atoms with E-state index in [2.05, 4.69) is 9.97 Å². The number of nitrogens with zero attached hydrogens (tertiary/aromatic N) is 2. The molecule has 0 aliphatic carbocycles. The highest BCUT2D eigenvalue weighted by atomic mass is 32.1. The predicted molar refractivity (Wildman–Crippen MR) is 99.1 cm³/mol. The molecule has 0 amide bonds. The van der Waals surface area contributed by atoms with Crippen molar-refractivity contribution >= 4 is 27.5 Å². The van der Waals surface area contributed by atoms with Gasteiger partial charge >= 0.3 is 0 Å². The summed E-state index contributed by atoms with van der Waals surface area (Å²) in [5.41, 5.74) is 7.65. The summed E-state index contributed by atoms with van der Waals surface area (Å²) in [6, 6.07) is 19.4. The first-order valence-electron chi connectivity index (χ1n) is 7.73. The largest absolute Gasteiger partial charge is 0.489 e. The summed E-state index contributed by atoms with van der Waals surface area (Å²) in [5, 5.41) is 1.94. The maximum absolute atomic E-state index is 5.87. The van der Waals surface area contributed by atoms with E-state index < -0.39 is 0 Å². The van der Waals surface area contributed by atoms with Crippen LogP contribution in [0.1, 0.15) is 5.56 Å². The lowest BCUT2D eigenvalue weighted by Crippen LogP contribution is -1.97. The summed E-state index contributed by atoms with van der Waals surface area (Å²) in [5.74, 6) is 2.11. The van der Waals surface area contributed by atoms with Crippen molar-refractivity contribution in [2.75, 3.05) is 5.73 Å². The lowest BCUT2D eigenvalue weighted by molar-refractivity contribution is 0.305. The highest BCUT2D eigenvalue weighted by Crippen LogP contribution is 2.32. The van der Waals surface area contributed by atoms with Crippen LogP contribution >= 0.6 is 11.3 Å². The highest BCUT2D eigenvalue weighted by molar-refractivity contribution is 7.17. The second-order valence-corrected chi connectivity index (χ2v) is 6.29. The molecule has 0 bridgehead atoms. The van der Waals surface area contributed by atoms with E-state index in [9.17, 15) is 0 Å². The Morgan fingerprint density at radius 3 is 2.44 bits per heavy atom. The Bertz CT molecular complexity index is 985. The quantitative estimate of drug-likeness (QED) is 0.568. The number of fused-ring (bicyclic) bond motifs is 1. The molecule has 0 saturated heterocycles. The van der Waals surface area contributed by atoms with Crippen molar-refractivity contribution in [3.05, 3.63) is 71.6 Å². The van der Waals surface area contributed by atoms with Gasteiger partial charge in [0.1, 0.15) is 22.8 Å². The van der Waals surface area contributed by atoms with E-state index in [0.29, 0.717) is 18.2 Å². The zero-order valence-corrected chi connectivity index (χ0v) is 14.1. The number of aromatic nitrogens is 2. The number of benzene rings is 2. The summed E-state index contributed by atoms with van der Waals surface area (Å²) in [6.07, 6.45) is 0. The molecule has 5 nitrogen and oxygen atoms in total. The van der Waals surface area contributed by atoms with E-state index in [1.165, 1.54) is 11.3 Å². The molecular formula is C19H15N3O2S. The fourth-order valence-corrected chi connectivity index (χ4v) is 3.13. The molecule has 0 atom stereocenters. The van der Waals surface area contributed by atoms with Crippen molar-refractivity contribution in [2.24, 2.45) is 0 Å². The molecule has 0 aliphatic heterocycles. The fourth-order valence-electron chi connectivity index (χ4n) is 2.38. The Morgan fingerprint density at radius 1 is 0.880 bits per heavy atom. The Balaban J connectivity index is 1.47. The van der Waals surface area contributed by atoms with Crippen molar-refractivity contribution in [3.63, 3.8) is 0 Å². The number of hydrogen-bond acceptors (Lipinski definition) is 6. The molecular weight excluding hydrogens is 334 g/mol. The second-order valence-electron chi connectivity index (χ2n) is 5.37. The van der Waals surface area contributed by atoms with E-state index in [0.717, 1.165) is 21.5 Å². The van der Waals surface area contributed by atoms with Gasteiger partial charge in [0, 0.05) is 0 Å². The molecule has 0 fully saturated rings. The number of thiophene rings is 1. The molecule has 2 aromatic heterocycles. The Kier molecular flexibility index (Phi) is 4.18. The van der Waals surface area contributed by atoms with Crippen molar-refractivity contribution in [1.29, 1.82) is 0 Å². The van der Waals surface area contributed by atoms with E-state index in [1.54, 1.807) is 0 Å². The molecule has 0 unspecified atom stereocenters. The first-order valence-corrected chi connectivity index (χ1v) is 8.61. The average molecular weight is 349 g/mol.